The van der Waals surface area contributed by atoms with Crippen molar-refractivity contribution in [3.8, 4) is 0 Å². The molecule has 1 fully saturated rings. The molecule has 0 spiro atoms. The number of carbonyl (C=O) groups excluding carboxylic acids is 2. The second kappa shape index (κ2) is 5.93. The van der Waals surface area contributed by atoms with Crippen LogP contribution in [0.25, 0.3) is 0 Å². The molecule has 23 heavy (non-hydrogen) atoms. The summed E-state index contributed by atoms with van der Waals surface area (Å²) in [7, 11) is 0. The van der Waals surface area contributed by atoms with Crippen molar-refractivity contribution in [2.45, 2.75) is 59.3 Å². The van der Waals surface area contributed by atoms with Gasteiger partial charge in [0.25, 0.3) is 5.91 Å². The monoisotopic (exact) mass is 334 g/mol. The number of nitrogens with one attached hydrogen (secondary N) is 1. The number of hydrogen-bond donors (Lipinski definition) is 2. The third-order valence-corrected chi connectivity index (χ3v) is 6.88. The first-order valence-corrected chi connectivity index (χ1v) is 9.40. The zero-order valence-electron chi connectivity index (χ0n) is 14.2. The van der Waals surface area contributed by atoms with E-state index in [0.29, 0.717) is 21.9 Å². The van der Waals surface area contributed by atoms with Gasteiger partial charge in [-0.3, -0.25) is 9.59 Å². The minimum atomic E-state index is -0.415. The summed E-state index contributed by atoms with van der Waals surface area (Å²) >= 11 is 1.56. The number of amides is 2. The average molecular weight is 334 g/mol. The van der Waals surface area contributed by atoms with Gasteiger partial charge >= 0.3 is 0 Å². The Morgan fingerprint density at radius 1 is 1.30 bits per heavy atom. The lowest BCUT2D eigenvalue weighted by Gasteiger charge is -2.36. The number of carbonyl (C=O) groups is 2. The molecule has 0 saturated heterocycles. The number of hydrogen-bond acceptors (Lipinski definition) is 3. The Kier molecular flexibility index (Phi) is 4.25. The van der Waals surface area contributed by atoms with Crippen molar-refractivity contribution in [3.63, 3.8) is 0 Å². The van der Waals surface area contributed by atoms with Crippen LogP contribution < -0.4 is 11.1 Å². The second-order valence-electron chi connectivity index (χ2n) is 7.62. The van der Waals surface area contributed by atoms with Crippen LogP contribution in [0.2, 0.25) is 0 Å². The highest BCUT2D eigenvalue weighted by atomic mass is 32.1. The smallest absolute Gasteiger partial charge is 0.251 e. The predicted octanol–water partition coefficient (Wildman–Crippen LogP) is 3.74. The molecule has 3 rings (SSSR count). The van der Waals surface area contributed by atoms with Gasteiger partial charge in [0.15, 0.2) is 0 Å². The zero-order valence-corrected chi connectivity index (χ0v) is 15.0. The molecule has 3 N–H and O–H groups in total. The lowest BCUT2D eigenvalue weighted by molar-refractivity contribution is -0.117. The van der Waals surface area contributed by atoms with Gasteiger partial charge in [-0.15, -0.1) is 11.3 Å². The molecule has 4 nitrogen and oxygen atoms in total. The number of thiophene rings is 1. The van der Waals surface area contributed by atoms with E-state index in [2.05, 4.69) is 26.1 Å². The fourth-order valence-electron chi connectivity index (χ4n) is 3.45. The predicted molar refractivity (Wildman–Crippen MR) is 93.8 cm³/mol. The molecule has 0 aromatic carbocycles. The van der Waals surface area contributed by atoms with Gasteiger partial charge in [0.2, 0.25) is 5.91 Å². The number of fused-ring (bicyclic) bond motifs is 1. The van der Waals surface area contributed by atoms with Crippen molar-refractivity contribution in [3.05, 3.63) is 16.0 Å². The van der Waals surface area contributed by atoms with Crippen molar-refractivity contribution in [1.29, 1.82) is 0 Å². The Labute approximate surface area is 141 Å². The van der Waals surface area contributed by atoms with Gasteiger partial charge in [-0.25, -0.2) is 0 Å². The summed E-state index contributed by atoms with van der Waals surface area (Å²) in [5, 5.41) is 3.63. The van der Waals surface area contributed by atoms with E-state index in [0.717, 1.165) is 44.1 Å². The lowest BCUT2D eigenvalue weighted by Crippen LogP contribution is -2.29. The highest BCUT2D eigenvalue weighted by Crippen LogP contribution is 2.45. The van der Waals surface area contributed by atoms with Gasteiger partial charge in [0, 0.05) is 10.8 Å². The van der Waals surface area contributed by atoms with E-state index in [1.165, 1.54) is 4.88 Å². The Balaban J connectivity index is 1.89. The lowest BCUT2D eigenvalue weighted by atomic mass is 9.69. The highest BCUT2D eigenvalue weighted by Gasteiger charge is 2.36. The van der Waals surface area contributed by atoms with Crippen molar-refractivity contribution in [1.82, 2.24) is 0 Å². The van der Waals surface area contributed by atoms with E-state index in [1.807, 2.05) is 0 Å². The second-order valence-corrected chi connectivity index (χ2v) is 8.72. The molecule has 2 aliphatic rings. The number of nitrogens with two attached hydrogens (primary N) is 1. The SMILES string of the molecule is CCC(C)(C)[C@@H]1CCc2c(sc(NC(=O)C3CC3)c2C(N)=O)C1. The summed E-state index contributed by atoms with van der Waals surface area (Å²) in [6.45, 7) is 6.88. The van der Waals surface area contributed by atoms with Crippen LogP contribution in [0.4, 0.5) is 5.00 Å². The molecule has 126 valence electrons. The summed E-state index contributed by atoms with van der Waals surface area (Å²) in [6.07, 6.45) is 6.01. The van der Waals surface area contributed by atoms with E-state index in [-0.39, 0.29) is 11.8 Å². The molecule has 0 radical (unpaired) electrons. The van der Waals surface area contributed by atoms with Crippen LogP contribution in [0.3, 0.4) is 0 Å². The molecule has 2 aliphatic carbocycles. The standard InChI is InChI=1S/C18H26N2O2S/c1-4-18(2,3)11-7-8-12-13(9-11)23-17(14(12)15(19)21)20-16(22)10-5-6-10/h10-11H,4-9H2,1-3H3,(H2,19,21)(H,20,22)/t11-/m1/s1. The maximum absolute atomic E-state index is 12.1. The summed E-state index contributed by atoms with van der Waals surface area (Å²) in [5.41, 5.74) is 7.55. The molecule has 1 aromatic rings. The van der Waals surface area contributed by atoms with Crippen LogP contribution in [-0.4, -0.2) is 11.8 Å². The Bertz CT molecular complexity index is 644. The molecule has 1 saturated carbocycles. The molecule has 0 bridgehead atoms. The average Bonchev–Trinajstić information content (AvgIpc) is 3.28. The van der Waals surface area contributed by atoms with Crippen LogP contribution in [0, 0.1) is 17.3 Å². The molecule has 0 unspecified atom stereocenters. The first kappa shape index (κ1) is 16.5. The number of anilines is 1. The molecule has 1 aromatic heterocycles. The van der Waals surface area contributed by atoms with E-state index in [9.17, 15) is 9.59 Å². The molecule has 0 aliphatic heterocycles. The number of rotatable bonds is 5. The Morgan fingerprint density at radius 2 is 2.00 bits per heavy atom. The Morgan fingerprint density at radius 3 is 2.57 bits per heavy atom. The third-order valence-electron chi connectivity index (χ3n) is 5.71. The summed E-state index contributed by atoms with van der Waals surface area (Å²) < 4.78 is 0. The van der Waals surface area contributed by atoms with E-state index < -0.39 is 5.91 Å². The van der Waals surface area contributed by atoms with Crippen LogP contribution in [-0.2, 0) is 17.6 Å². The summed E-state index contributed by atoms with van der Waals surface area (Å²) in [6, 6.07) is 0. The third kappa shape index (κ3) is 3.16. The van der Waals surface area contributed by atoms with Crippen LogP contribution in [0.5, 0.6) is 0 Å². The molecular weight excluding hydrogens is 308 g/mol. The summed E-state index contributed by atoms with van der Waals surface area (Å²) in [4.78, 5) is 25.2. The normalized spacial score (nSPS) is 20.9. The molecular formula is C18H26N2O2S. The van der Waals surface area contributed by atoms with Crippen molar-refractivity contribution < 1.29 is 9.59 Å². The first-order chi connectivity index (χ1) is 10.8. The quantitative estimate of drug-likeness (QED) is 0.861. The zero-order chi connectivity index (χ0) is 16.8. The topological polar surface area (TPSA) is 72.2 Å². The largest absolute Gasteiger partial charge is 0.365 e. The van der Waals surface area contributed by atoms with E-state index >= 15 is 0 Å². The maximum Gasteiger partial charge on any atom is 0.251 e. The minimum Gasteiger partial charge on any atom is -0.365 e. The maximum atomic E-state index is 12.1. The number of primary amides is 1. The molecule has 2 amide bonds. The van der Waals surface area contributed by atoms with Gasteiger partial charge in [-0.2, -0.15) is 0 Å². The fraction of sp³-hybridized carbons (Fsp3) is 0.667. The van der Waals surface area contributed by atoms with Gasteiger partial charge in [-0.1, -0.05) is 27.2 Å². The van der Waals surface area contributed by atoms with Crippen molar-refractivity contribution in [2.75, 3.05) is 5.32 Å². The molecule has 5 heteroatoms. The molecule has 1 heterocycles. The van der Waals surface area contributed by atoms with Gasteiger partial charge in [-0.05, 0) is 49.0 Å². The minimum absolute atomic E-state index is 0.0385. The van der Waals surface area contributed by atoms with Crippen molar-refractivity contribution >= 4 is 28.2 Å². The molecule has 1 atom stereocenters. The Hall–Kier alpha value is -1.36. The van der Waals surface area contributed by atoms with Crippen LogP contribution in [0.15, 0.2) is 0 Å². The first-order valence-electron chi connectivity index (χ1n) is 8.58. The summed E-state index contributed by atoms with van der Waals surface area (Å²) in [5.74, 6) is 0.367. The van der Waals surface area contributed by atoms with Gasteiger partial charge < -0.3 is 11.1 Å². The van der Waals surface area contributed by atoms with Crippen molar-refractivity contribution in [2.24, 2.45) is 23.0 Å². The van der Waals surface area contributed by atoms with Crippen LogP contribution >= 0.6 is 11.3 Å². The van der Waals surface area contributed by atoms with E-state index in [1.54, 1.807) is 11.3 Å². The fourth-order valence-corrected chi connectivity index (χ4v) is 4.79. The van der Waals surface area contributed by atoms with Gasteiger partial charge in [0.1, 0.15) is 5.00 Å². The van der Waals surface area contributed by atoms with Gasteiger partial charge in [0.05, 0.1) is 5.56 Å². The van der Waals surface area contributed by atoms with E-state index in [4.69, 9.17) is 5.73 Å². The van der Waals surface area contributed by atoms with Crippen LogP contribution in [0.1, 0.15) is 67.3 Å². The highest BCUT2D eigenvalue weighted by molar-refractivity contribution is 7.17.